The molecule has 0 aliphatic heterocycles. The zero-order valence-corrected chi connectivity index (χ0v) is 12.6. The molecule has 0 radical (unpaired) electrons. The Kier molecular flexibility index (Phi) is 5.38. The third-order valence-electron chi connectivity index (χ3n) is 1.78. The average molecular weight is 310 g/mol. The number of rotatable bonds is 6. The highest BCUT2D eigenvalue weighted by Crippen LogP contribution is 2.56. The first-order chi connectivity index (χ1) is 7.05. The third-order valence-corrected chi connectivity index (χ3v) is 24.0. The van der Waals surface area contributed by atoms with E-state index in [4.69, 9.17) is 0 Å². The predicted molar refractivity (Wildman–Crippen MR) is 65.3 cm³/mol. The Hall–Kier alpha value is 0.280. The van der Waals surface area contributed by atoms with Gasteiger partial charge in [0.05, 0.1) is 17.3 Å². The minimum Gasteiger partial charge on any atom is -0.223 e. The maximum atomic E-state index is 11.6. The zero-order chi connectivity index (χ0) is 13.2. The lowest BCUT2D eigenvalue weighted by molar-refractivity contribution is 0.606. The van der Waals surface area contributed by atoms with Gasteiger partial charge in [0.1, 0.15) is 0 Å². The van der Waals surface area contributed by atoms with Crippen LogP contribution in [0.5, 0.6) is 0 Å². The fraction of sp³-hybridized carbons (Fsp3) is 1.00. The van der Waals surface area contributed by atoms with E-state index < -0.39 is 51.2 Å². The Labute approximate surface area is 97.2 Å². The monoisotopic (exact) mass is 310 g/mol. The summed E-state index contributed by atoms with van der Waals surface area (Å²) in [5.41, 5.74) is -3.07. The third kappa shape index (κ3) is 3.38. The summed E-state index contributed by atoms with van der Waals surface area (Å²) in [5, 5.41) is 0. The Morgan fingerprint density at radius 1 is 0.625 bits per heavy atom. The second-order valence-electron chi connectivity index (χ2n) is 2.84. The molecule has 0 aromatic carbocycles. The summed E-state index contributed by atoms with van der Waals surface area (Å²) in [7, 11) is -12.3. The molecule has 0 fully saturated rings. The van der Waals surface area contributed by atoms with Crippen LogP contribution in [0.2, 0.25) is 0 Å². The van der Waals surface area contributed by atoms with Crippen LogP contribution < -0.4 is 0 Å². The SMILES string of the molecule is CCS(=O)(=O)P(S(=O)(=O)CC)S(=O)(=O)CC. The van der Waals surface area contributed by atoms with Crippen LogP contribution in [-0.4, -0.2) is 42.5 Å². The van der Waals surface area contributed by atoms with Gasteiger partial charge in [0.2, 0.25) is 0 Å². The van der Waals surface area contributed by atoms with E-state index in [2.05, 4.69) is 0 Å². The molecule has 0 rings (SSSR count). The van der Waals surface area contributed by atoms with Gasteiger partial charge in [-0.25, -0.2) is 25.3 Å². The molecule has 0 spiro atoms. The molecule has 0 aliphatic rings. The molecule has 0 amide bonds. The first kappa shape index (κ1) is 16.3. The van der Waals surface area contributed by atoms with Crippen LogP contribution in [0.3, 0.4) is 0 Å². The van der Waals surface area contributed by atoms with Gasteiger partial charge in [0, 0.05) is 0 Å². The van der Waals surface area contributed by atoms with Crippen molar-refractivity contribution in [2.75, 3.05) is 17.3 Å². The summed E-state index contributed by atoms with van der Waals surface area (Å²) < 4.78 is 69.5. The van der Waals surface area contributed by atoms with Crippen molar-refractivity contribution in [3.05, 3.63) is 0 Å². The second-order valence-corrected chi connectivity index (χ2v) is 18.9. The zero-order valence-electron chi connectivity index (χ0n) is 9.24. The molecule has 0 N–H and O–H groups in total. The Balaban J connectivity index is 6.03. The van der Waals surface area contributed by atoms with Crippen LogP contribution in [0, 0.1) is 0 Å². The maximum Gasteiger partial charge on any atom is 0.264 e. The molecule has 16 heavy (non-hydrogen) atoms. The first-order valence-electron chi connectivity index (χ1n) is 4.54. The first-order valence-corrected chi connectivity index (χ1v) is 12.6. The lowest BCUT2D eigenvalue weighted by Crippen LogP contribution is -2.18. The van der Waals surface area contributed by atoms with E-state index in [0.29, 0.717) is 0 Å². The lowest BCUT2D eigenvalue weighted by atomic mass is 11.0. The normalized spacial score (nSPS) is 14.2. The van der Waals surface area contributed by atoms with E-state index >= 15 is 0 Å². The van der Waals surface area contributed by atoms with Crippen LogP contribution in [0.15, 0.2) is 0 Å². The molecular formula is C6H15O6PS3. The molecule has 10 heteroatoms. The van der Waals surface area contributed by atoms with Gasteiger partial charge >= 0.3 is 0 Å². The molecule has 0 heterocycles. The van der Waals surface area contributed by atoms with E-state index in [1.807, 2.05) is 0 Å². The molecule has 0 unspecified atom stereocenters. The van der Waals surface area contributed by atoms with Gasteiger partial charge in [-0.15, -0.1) is 0 Å². The van der Waals surface area contributed by atoms with Gasteiger partial charge in [0.15, 0.2) is 28.4 Å². The Morgan fingerprint density at radius 3 is 0.938 bits per heavy atom. The molecule has 0 atom stereocenters. The molecule has 0 bridgehead atoms. The summed E-state index contributed by atoms with van der Waals surface area (Å²) in [6, 6.07) is 0. The molecule has 0 aromatic heterocycles. The van der Waals surface area contributed by atoms with Crippen molar-refractivity contribution in [2.24, 2.45) is 0 Å². The summed E-state index contributed by atoms with van der Waals surface area (Å²) in [6.45, 7) is 3.71. The molecule has 0 saturated heterocycles. The van der Waals surface area contributed by atoms with Crippen molar-refractivity contribution in [3.63, 3.8) is 0 Å². The van der Waals surface area contributed by atoms with Crippen molar-refractivity contribution in [3.8, 4) is 0 Å². The molecule has 0 saturated carbocycles. The van der Waals surface area contributed by atoms with Crippen molar-refractivity contribution in [2.45, 2.75) is 20.8 Å². The maximum absolute atomic E-state index is 11.6. The van der Waals surface area contributed by atoms with Crippen LogP contribution in [0.1, 0.15) is 20.8 Å². The van der Waals surface area contributed by atoms with Crippen molar-refractivity contribution in [1.82, 2.24) is 0 Å². The highest BCUT2D eigenvalue weighted by Gasteiger charge is 2.45. The summed E-state index contributed by atoms with van der Waals surface area (Å²) in [5.74, 6) is -1.47. The fourth-order valence-corrected chi connectivity index (χ4v) is 22.6. The van der Waals surface area contributed by atoms with Gasteiger partial charge < -0.3 is 0 Å². The van der Waals surface area contributed by atoms with E-state index in [1.54, 1.807) is 0 Å². The van der Waals surface area contributed by atoms with Gasteiger partial charge in [0.25, 0.3) is 5.53 Å². The lowest BCUT2D eigenvalue weighted by Gasteiger charge is -2.15. The average Bonchev–Trinajstić information content (AvgIpc) is 2.16. The van der Waals surface area contributed by atoms with Gasteiger partial charge in [-0.05, 0) is 0 Å². The molecular weight excluding hydrogens is 295 g/mol. The van der Waals surface area contributed by atoms with E-state index in [0.717, 1.165) is 0 Å². The van der Waals surface area contributed by atoms with Crippen molar-refractivity contribution < 1.29 is 25.3 Å². The Morgan fingerprint density at radius 2 is 0.812 bits per heavy atom. The highest BCUT2D eigenvalue weighted by molar-refractivity contribution is 9.06. The van der Waals surface area contributed by atoms with Crippen molar-refractivity contribution >= 4 is 33.9 Å². The minimum atomic E-state index is -4.11. The topological polar surface area (TPSA) is 102 Å². The fourth-order valence-electron chi connectivity index (χ4n) is 0.835. The van der Waals surface area contributed by atoms with Crippen LogP contribution in [-0.2, 0) is 28.4 Å². The summed E-state index contributed by atoms with van der Waals surface area (Å²) in [4.78, 5) is 0. The molecule has 6 nitrogen and oxygen atoms in total. The largest absolute Gasteiger partial charge is 0.264 e. The summed E-state index contributed by atoms with van der Waals surface area (Å²) in [6.07, 6.45) is 0. The summed E-state index contributed by atoms with van der Waals surface area (Å²) >= 11 is 0. The van der Waals surface area contributed by atoms with Crippen LogP contribution in [0.25, 0.3) is 0 Å². The smallest absolute Gasteiger partial charge is 0.223 e. The molecule has 0 aromatic rings. The van der Waals surface area contributed by atoms with E-state index in [9.17, 15) is 25.3 Å². The predicted octanol–water partition coefficient (Wildman–Crippen LogP) is 0.517. The molecule has 98 valence electrons. The highest BCUT2D eigenvalue weighted by atomic mass is 33.4. The van der Waals surface area contributed by atoms with Gasteiger partial charge in [-0.2, -0.15) is 0 Å². The molecule has 0 aliphatic carbocycles. The van der Waals surface area contributed by atoms with E-state index in [1.165, 1.54) is 20.8 Å². The standard InChI is InChI=1S/C6H15O6PS3/c1-4-14(7,8)13(15(9,10)5-2)16(11,12)6-3/h4-6H2,1-3H3. The van der Waals surface area contributed by atoms with E-state index in [-0.39, 0.29) is 0 Å². The van der Waals surface area contributed by atoms with Gasteiger partial charge in [-0.3, -0.25) is 0 Å². The quantitative estimate of drug-likeness (QED) is 0.663. The van der Waals surface area contributed by atoms with Crippen LogP contribution in [0.4, 0.5) is 0 Å². The van der Waals surface area contributed by atoms with Crippen LogP contribution >= 0.6 is 5.53 Å². The number of hydrogen-bond acceptors (Lipinski definition) is 6. The Bertz CT molecular complexity index is 448. The van der Waals surface area contributed by atoms with Crippen molar-refractivity contribution in [1.29, 1.82) is 0 Å². The minimum absolute atomic E-state index is 0.489. The second kappa shape index (κ2) is 5.29. The number of hydrogen-bond donors (Lipinski definition) is 0. The van der Waals surface area contributed by atoms with Gasteiger partial charge in [-0.1, -0.05) is 20.8 Å².